The second kappa shape index (κ2) is 4.95. The summed E-state index contributed by atoms with van der Waals surface area (Å²) in [4.78, 5) is 16.8. The number of aryl methyl sites for hydroxylation is 1. The summed E-state index contributed by atoms with van der Waals surface area (Å²) in [5.74, 6) is 2.23. The molecular weight excluding hydrogens is 298 g/mol. The van der Waals surface area contributed by atoms with Gasteiger partial charge < -0.3 is 9.72 Å². The summed E-state index contributed by atoms with van der Waals surface area (Å²) in [6.07, 6.45) is 13.1. The molecule has 0 unspecified atom stereocenters. The van der Waals surface area contributed by atoms with Gasteiger partial charge in [0.05, 0.1) is 12.1 Å². The summed E-state index contributed by atoms with van der Waals surface area (Å²) in [7, 11) is 0. The molecule has 5 rings (SSSR count). The van der Waals surface area contributed by atoms with E-state index in [0.717, 1.165) is 29.4 Å². The number of aromatic nitrogens is 2. The Bertz CT molecular complexity index is 846. The highest BCUT2D eigenvalue weighted by Crippen LogP contribution is 2.69. The zero-order chi connectivity index (χ0) is 16.3. The second-order valence-corrected chi connectivity index (χ2v) is 7.86. The minimum atomic E-state index is 0.106. The fraction of sp³-hybridized carbons (Fsp3) is 0.500. The number of fused-ring (bicyclic) bond motifs is 1. The molecule has 3 aliphatic rings. The molecule has 1 N–H and O–H groups in total. The summed E-state index contributed by atoms with van der Waals surface area (Å²) in [6.45, 7) is 2.87. The lowest BCUT2D eigenvalue weighted by Crippen LogP contribution is -2.32. The Hall–Kier alpha value is -2.10. The van der Waals surface area contributed by atoms with Crippen molar-refractivity contribution in [2.24, 2.45) is 23.2 Å². The third-order valence-electron chi connectivity index (χ3n) is 6.56. The number of hydrogen-bond donors (Lipinski definition) is 1. The highest BCUT2D eigenvalue weighted by atomic mass is 16.1. The van der Waals surface area contributed by atoms with Crippen molar-refractivity contribution in [1.29, 1.82) is 0 Å². The SMILES string of the molecule is Cc1cccn2c(CC(=O)NC[C@@H]3C[C@@H]4C=C[C@@H]3C43CC3)cnc12. The van der Waals surface area contributed by atoms with Crippen molar-refractivity contribution < 1.29 is 4.79 Å². The summed E-state index contributed by atoms with van der Waals surface area (Å²) in [5, 5.41) is 3.18. The van der Waals surface area contributed by atoms with E-state index < -0.39 is 0 Å². The maximum absolute atomic E-state index is 12.4. The smallest absolute Gasteiger partial charge is 0.226 e. The van der Waals surface area contributed by atoms with Crippen LogP contribution in [0.25, 0.3) is 5.65 Å². The first kappa shape index (κ1) is 14.3. The van der Waals surface area contributed by atoms with Gasteiger partial charge in [0, 0.05) is 18.9 Å². The minimum Gasteiger partial charge on any atom is -0.355 e. The highest BCUT2D eigenvalue weighted by Gasteiger charge is 2.62. The predicted molar refractivity (Wildman–Crippen MR) is 92.5 cm³/mol. The summed E-state index contributed by atoms with van der Waals surface area (Å²) in [6, 6.07) is 4.05. The van der Waals surface area contributed by atoms with Gasteiger partial charge in [-0.3, -0.25) is 4.79 Å². The number of nitrogens with one attached hydrogen (secondary N) is 1. The lowest BCUT2D eigenvalue weighted by molar-refractivity contribution is -0.120. The molecule has 4 nitrogen and oxygen atoms in total. The lowest BCUT2D eigenvalue weighted by atomic mass is 9.89. The zero-order valence-corrected chi connectivity index (χ0v) is 14.0. The normalized spacial score (nSPS) is 28.8. The Balaban J connectivity index is 1.24. The first-order valence-electron chi connectivity index (χ1n) is 9.04. The van der Waals surface area contributed by atoms with Crippen LogP contribution in [0.5, 0.6) is 0 Å². The van der Waals surface area contributed by atoms with Crippen LogP contribution in [0, 0.1) is 30.1 Å². The maximum atomic E-state index is 12.4. The molecule has 0 aromatic carbocycles. The molecule has 124 valence electrons. The van der Waals surface area contributed by atoms with Crippen molar-refractivity contribution in [2.45, 2.75) is 32.6 Å². The van der Waals surface area contributed by atoms with Crippen LogP contribution in [0.2, 0.25) is 0 Å². The van der Waals surface area contributed by atoms with Crippen LogP contribution in [0.4, 0.5) is 0 Å². The van der Waals surface area contributed by atoms with Crippen molar-refractivity contribution in [3.63, 3.8) is 0 Å². The number of carbonyl (C=O) groups is 1. The van der Waals surface area contributed by atoms with Gasteiger partial charge in [0.15, 0.2) is 0 Å². The molecule has 2 aromatic heterocycles. The number of nitrogens with zero attached hydrogens (tertiary/aromatic N) is 2. The largest absolute Gasteiger partial charge is 0.355 e. The quantitative estimate of drug-likeness (QED) is 0.880. The van der Waals surface area contributed by atoms with E-state index >= 15 is 0 Å². The number of carbonyl (C=O) groups excluding carboxylic acids is 1. The van der Waals surface area contributed by atoms with E-state index in [0.29, 0.717) is 23.7 Å². The van der Waals surface area contributed by atoms with E-state index in [1.54, 1.807) is 0 Å². The standard InChI is InChI=1S/C20H23N3O/c1-13-3-2-8-23-16(12-22-19(13)23)10-18(24)21-11-14-9-15-4-5-17(14)20(15)6-7-20/h2-5,8,12,14-15,17H,6-7,9-11H2,1H3,(H,21,24)/t14-,15-,17-/m0/s1. The van der Waals surface area contributed by atoms with Crippen LogP contribution in [0.15, 0.2) is 36.7 Å². The third kappa shape index (κ3) is 1.98. The first-order chi connectivity index (χ1) is 11.7. The van der Waals surface area contributed by atoms with Gasteiger partial charge in [0.1, 0.15) is 5.65 Å². The van der Waals surface area contributed by atoms with E-state index in [2.05, 4.69) is 22.5 Å². The summed E-state index contributed by atoms with van der Waals surface area (Å²) < 4.78 is 2.02. The Labute approximate surface area is 142 Å². The lowest BCUT2D eigenvalue weighted by Gasteiger charge is -2.20. The van der Waals surface area contributed by atoms with Crippen molar-refractivity contribution in [3.8, 4) is 0 Å². The van der Waals surface area contributed by atoms with E-state index in [4.69, 9.17) is 0 Å². The van der Waals surface area contributed by atoms with E-state index in [-0.39, 0.29) is 5.91 Å². The molecular formula is C20H23N3O. The number of pyridine rings is 1. The molecule has 0 radical (unpaired) electrons. The summed E-state index contributed by atoms with van der Waals surface area (Å²) in [5.41, 5.74) is 3.63. The fourth-order valence-corrected chi connectivity index (χ4v) is 5.16. The van der Waals surface area contributed by atoms with Gasteiger partial charge in [0.25, 0.3) is 0 Å². The van der Waals surface area contributed by atoms with Crippen molar-refractivity contribution >= 4 is 11.6 Å². The Morgan fingerprint density at radius 2 is 2.29 bits per heavy atom. The van der Waals surface area contributed by atoms with Crippen LogP contribution in [-0.4, -0.2) is 21.8 Å². The molecule has 1 spiro atoms. The number of amides is 1. The highest BCUT2D eigenvalue weighted by molar-refractivity contribution is 5.78. The molecule has 1 amide bonds. The predicted octanol–water partition coefficient (Wildman–Crippen LogP) is 2.90. The fourth-order valence-electron chi connectivity index (χ4n) is 5.16. The Kier molecular flexibility index (Phi) is 2.94. The van der Waals surface area contributed by atoms with E-state index in [9.17, 15) is 4.79 Å². The Morgan fingerprint density at radius 3 is 3.08 bits per heavy atom. The van der Waals surface area contributed by atoms with Crippen LogP contribution in [-0.2, 0) is 11.2 Å². The average Bonchev–Trinajstić information content (AvgIpc) is 3.07. The molecule has 0 saturated heterocycles. The number of rotatable bonds is 4. The van der Waals surface area contributed by atoms with Crippen LogP contribution >= 0.6 is 0 Å². The van der Waals surface area contributed by atoms with Gasteiger partial charge in [-0.25, -0.2) is 4.98 Å². The molecule has 2 aromatic rings. The van der Waals surface area contributed by atoms with Crippen molar-refractivity contribution in [1.82, 2.24) is 14.7 Å². The molecule has 2 fully saturated rings. The molecule has 24 heavy (non-hydrogen) atoms. The number of hydrogen-bond acceptors (Lipinski definition) is 2. The molecule has 2 heterocycles. The van der Waals surface area contributed by atoms with Gasteiger partial charge in [-0.2, -0.15) is 0 Å². The van der Waals surface area contributed by atoms with Crippen LogP contribution in [0.1, 0.15) is 30.5 Å². The summed E-state index contributed by atoms with van der Waals surface area (Å²) >= 11 is 0. The monoisotopic (exact) mass is 321 g/mol. The van der Waals surface area contributed by atoms with E-state index in [1.807, 2.05) is 35.9 Å². The molecule has 4 heteroatoms. The van der Waals surface area contributed by atoms with Gasteiger partial charge in [-0.05, 0) is 61.0 Å². The third-order valence-corrected chi connectivity index (χ3v) is 6.56. The molecule has 0 aliphatic heterocycles. The topological polar surface area (TPSA) is 46.4 Å². The van der Waals surface area contributed by atoms with Crippen molar-refractivity contribution in [3.05, 3.63) is 47.9 Å². The van der Waals surface area contributed by atoms with Gasteiger partial charge in [-0.1, -0.05) is 18.2 Å². The number of allylic oxidation sites excluding steroid dienone is 2. The zero-order valence-electron chi connectivity index (χ0n) is 14.0. The van der Waals surface area contributed by atoms with Crippen LogP contribution in [0.3, 0.4) is 0 Å². The van der Waals surface area contributed by atoms with E-state index in [1.165, 1.54) is 19.3 Å². The minimum absolute atomic E-state index is 0.106. The Morgan fingerprint density at radius 1 is 1.42 bits per heavy atom. The van der Waals surface area contributed by atoms with Gasteiger partial charge in [0.2, 0.25) is 5.91 Å². The second-order valence-electron chi connectivity index (χ2n) is 7.86. The molecule has 2 bridgehead atoms. The number of imidazole rings is 1. The maximum Gasteiger partial charge on any atom is 0.226 e. The molecule has 3 aliphatic carbocycles. The first-order valence-corrected chi connectivity index (χ1v) is 9.04. The molecule has 3 atom stereocenters. The van der Waals surface area contributed by atoms with Gasteiger partial charge in [-0.15, -0.1) is 0 Å². The van der Waals surface area contributed by atoms with Crippen LogP contribution < -0.4 is 5.32 Å². The van der Waals surface area contributed by atoms with Crippen molar-refractivity contribution in [2.75, 3.05) is 6.54 Å². The van der Waals surface area contributed by atoms with Gasteiger partial charge >= 0.3 is 0 Å². The average molecular weight is 321 g/mol. The molecule has 2 saturated carbocycles.